The van der Waals surface area contributed by atoms with Crippen molar-refractivity contribution >= 4 is 29.2 Å². The first-order valence-electron chi connectivity index (χ1n) is 12.0. The molecule has 0 bridgehead atoms. The van der Waals surface area contributed by atoms with Crippen LogP contribution in [0.3, 0.4) is 0 Å². The minimum absolute atomic E-state index is 0.100. The van der Waals surface area contributed by atoms with Crippen molar-refractivity contribution in [3.63, 3.8) is 0 Å². The van der Waals surface area contributed by atoms with E-state index in [1.165, 1.54) is 14.2 Å². The van der Waals surface area contributed by atoms with Crippen molar-refractivity contribution in [2.45, 2.75) is 25.0 Å². The van der Waals surface area contributed by atoms with Gasteiger partial charge in [0, 0.05) is 5.02 Å². The zero-order chi connectivity index (χ0) is 27.3. The minimum atomic E-state index is -1.75. The lowest BCUT2D eigenvalue weighted by molar-refractivity contribution is -0.172. The summed E-state index contributed by atoms with van der Waals surface area (Å²) < 4.78 is 21.2. The highest BCUT2D eigenvalue weighted by molar-refractivity contribution is 6.30. The molecule has 8 nitrogen and oxygen atoms in total. The highest BCUT2D eigenvalue weighted by Crippen LogP contribution is 2.51. The molecule has 38 heavy (non-hydrogen) atoms. The summed E-state index contributed by atoms with van der Waals surface area (Å²) in [5.74, 6) is -0.0963. The van der Waals surface area contributed by atoms with Crippen molar-refractivity contribution in [2.24, 2.45) is 5.41 Å². The van der Waals surface area contributed by atoms with E-state index in [0.717, 1.165) is 5.56 Å². The Morgan fingerprint density at radius 2 is 1.29 bits per heavy atom. The Labute approximate surface area is 226 Å². The Bertz CT molecular complexity index is 1230. The van der Waals surface area contributed by atoms with Gasteiger partial charge in [-0.15, -0.1) is 0 Å². The van der Waals surface area contributed by atoms with E-state index in [1.54, 1.807) is 67.8 Å². The maximum Gasteiger partial charge on any atom is 0.325 e. The lowest BCUT2D eigenvalue weighted by Gasteiger charge is -2.40. The van der Waals surface area contributed by atoms with Crippen molar-refractivity contribution < 1.29 is 33.4 Å². The molecule has 0 amide bonds. The average Bonchev–Trinajstić information content (AvgIpc) is 3.15. The third-order valence-corrected chi connectivity index (χ3v) is 7.09. The van der Waals surface area contributed by atoms with Crippen LogP contribution in [0.2, 0.25) is 5.02 Å². The predicted octanol–water partition coefficient (Wildman–Crippen LogP) is 5.70. The largest absolute Gasteiger partial charge is 0.497 e. The van der Waals surface area contributed by atoms with Crippen LogP contribution in [0.4, 0.5) is 5.69 Å². The number of rotatable bonds is 7. The van der Waals surface area contributed by atoms with Crippen LogP contribution >= 0.6 is 11.6 Å². The number of esters is 2. The molecule has 1 aliphatic heterocycles. The topological polar surface area (TPSA) is 83.5 Å². The monoisotopic (exact) mass is 539 g/mol. The summed E-state index contributed by atoms with van der Waals surface area (Å²) >= 11 is 6.20. The maximum atomic E-state index is 13.6. The van der Waals surface area contributed by atoms with Gasteiger partial charge in [-0.2, -0.15) is 0 Å². The molecular weight excluding hydrogens is 510 g/mol. The van der Waals surface area contributed by atoms with Crippen LogP contribution in [0.25, 0.3) is 0 Å². The van der Waals surface area contributed by atoms with Crippen LogP contribution in [0, 0.1) is 5.41 Å². The first-order chi connectivity index (χ1) is 18.4. The Morgan fingerprint density at radius 1 is 0.789 bits per heavy atom. The molecular formula is C29H30ClNO7. The van der Waals surface area contributed by atoms with Crippen LogP contribution in [0.15, 0.2) is 72.8 Å². The molecule has 2 atom stereocenters. The van der Waals surface area contributed by atoms with Crippen LogP contribution < -0.4 is 14.5 Å². The van der Waals surface area contributed by atoms with E-state index in [2.05, 4.69) is 0 Å². The highest BCUT2D eigenvalue weighted by Gasteiger charge is 2.59. The van der Waals surface area contributed by atoms with Crippen LogP contribution in [0.5, 0.6) is 11.5 Å². The fraction of sp³-hybridized carbons (Fsp3) is 0.310. The average molecular weight is 540 g/mol. The summed E-state index contributed by atoms with van der Waals surface area (Å²) in [5.41, 5.74) is 0.322. The number of nitrogens with zero attached hydrogens (tertiary/aromatic N) is 1. The fourth-order valence-corrected chi connectivity index (χ4v) is 5.00. The Kier molecular flexibility index (Phi) is 8.44. The van der Waals surface area contributed by atoms with Gasteiger partial charge in [0.2, 0.25) is 0 Å². The van der Waals surface area contributed by atoms with Gasteiger partial charge in [-0.25, -0.2) is 5.06 Å². The molecule has 0 saturated carbocycles. The van der Waals surface area contributed by atoms with Crippen molar-refractivity contribution in [1.82, 2.24) is 0 Å². The number of carbonyl (C=O) groups is 2. The third kappa shape index (κ3) is 5.14. The van der Waals surface area contributed by atoms with Gasteiger partial charge < -0.3 is 18.9 Å². The molecule has 0 aromatic heterocycles. The number of halogens is 1. The second-order valence-corrected chi connectivity index (χ2v) is 9.27. The van der Waals surface area contributed by atoms with Crippen molar-refractivity contribution in [2.75, 3.05) is 33.5 Å². The molecule has 1 saturated heterocycles. The normalized spacial score (nSPS) is 18.7. The molecule has 0 radical (unpaired) electrons. The Morgan fingerprint density at radius 3 is 1.79 bits per heavy atom. The van der Waals surface area contributed by atoms with Crippen LogP contribution in [-0.2, 0) is 23.9 Å². The predicted molar refractivity (Wildman–Crippen MR) is 142 cm³/mol. The number of anilines is 1. The van der Waals surface area contributed by atoms with Gasteiger partial charge in [-0.05, 0) is 72.5 Å². The number of hydrogen-bond acceptors (Lipinski definition) is 8. The second kappa shape index (κ2) is 11.8. The molecule has 1 aliphatic rings. The van der Waals surface area contributed by atoms with E-state index >= 15 is 0 Å². The maximum absolute atomic E-state index is 13.6. The molecule has 3 aromatic rings. The van der Waals surface area contributed by atoms with Gasteiger partial charge in [0.05, 0.1) is 34.1 Å². The van der Waals surface area contributed by atoms with E-state index in [-0.39, 0.29) is 6.42 Å². The van der Waals surface area contributed by atoms with E-state index in [9.17, 15) is 9.59 Å². The minimum Gasteiger partial charge on any atom is -0.497 e. The fourth-order valence-electron chi connectivity index (χ4n) is 4.87. The first-order valence-corrected chi connectivity index (χ1v) is 12.4. The molecule has 1 fully saturated rings. The van der Waals surface area contributed by atoms with Gasteiger partial charge in [0.1, 0.15) is 23.6 Å². The summed E-state index contributed by atoms with van der Waals surface area (Å²) in [6.45, 7) is 0. The molecule has 0 N–H and O–H groups in total. The summed E-state index contributed by atoms with van der Waals surface area (Å²) in [5, 5.41) is 2.11. The molecule has 0 unspecified atom stereocenters. The molecule has 0 aliphatic carbocycles. The molecule has 9 heteroatoms. The second-order valence-electron chi connectivity index (χ2n) is 8.84. The van der Waals surface area contributed by atoms with Crippen LogP contribution in [-0.4, -0.2) is 40.4 Å². The standard InChI is InChI=1S/C29H30ClNO7/c1-34-23-13-7-19(8-14-23)25-17-18-29(27(32)36-3,28(33)37-4)26(20-5-9-21(30)10-6-20)31(38-25)22-11-15-24(35-2)16-12-22/h5-16,25-26H,17-18H2,1-4H3/t25-,26-/m1/s1. The Balaban J connectivity index is 1.95. The van der Waals surface area contributed by atoms with Crippen molar-refractivity contribution in [3.05, 3.63) is 88.9 Å². The number of hydrogen-bond donors (Lipinski definition) is 0. The molecule has 3 aromatic carbocycles. The molecule has 200 valence electrons. The summed E-state index contributed by atoms with van der Waals surface area (Å²) in [6.07, 6.45) is -0.0787. The molecule has 4 rings (SSSR count). The van der Waals surface area contributed by atoms with E-state index < -0.39 is 29.5 Å². The summed E-state index contributed by atoms with van der Waals surface area (Å²) in [7, 11) is 5.69. The smallest absolute Gasteiger partial charge is 0.325 e. The van der Waals surface area contributed by atoms with E-state index in [1.807, 2.05) is 24.3 Å². The molecule has 0 spiro atoms. The summed E-state index contributed by atoms with van der Waals surface area (Å²) in [6, 6.07) is 20.6. The first kappa shape index (κ1) is 27.3. The van der Waals surface area contributed by atoms with Gasteiger partial charge in [-0.3, -0.25) is 14.4 Å². The summed E-state index contributed by atoms with van der Waals surface area (Å²) in [4.78, 5) is 33.9. The zero-order valence-electron chi connectivity index (χ0n) is 21.7. The van der Waals surface area contributed by atoms with Gasteiger partial charge in [0.25, 0.3) is 0 Å². The SMILES string of the molecule is COC(=O)C1(C(=O)OC)CC[C@H](c2ccc(OC)cc2)ON(c2ccc(OC)cc2)[C@@H]1c1ccc(Cl)cc1. The number of benzene rings is 3. The lowest BCUT2D eigenvalue weighted by Crippen LogP contribution is -2.51. The quantitative estimate of drug-likeness (QED) is 0.279. The van der Waals surface area contributed by atoms with Gasteiger partial charge in [0.15, 0.2) is 5.41 Å². The lowest BCUT2D eigenvalue weighted by atomic mass is 9.72. The number of ether oxygens (including phenoxy) is 4. The number of methoxy groups -OCH3 is 4. The van der Waals surface area contributed by atoms with E-state index in [0.29, 0.717) is 34.2 Å². The van der Waals surface area contributed by atoms with E-state index in [4.69, 9.17) is 35.4 Å². The zero-order valence-corrected chi connectivity index (χ0v) is 22.4. The van der Waals surface area contributed by atoms with Gasteiger partial charge >= 0.3 is 11.9 Å². The number of carbonyl (C=O) groups excluding carboxylic acids is 2. The Hall–Kier alpha value is -3.75. The highest BCUT2D eigenvalue weighted by atomic mass is 35.5. The van der Waals surface area contributed by atoms with Gasteiger partial charge in [-0.1, -0.05) is 35.9 Å². The molecule has 1 heterocycles. The van der Waals surface area contributed by atoms with Crippen molar-refractivity contribution in [1.29, 1.82) is 0 Å². The third-order valence-electron chi connectivity index (χ3n) is 6.84. The van der Waals surface area contributed by atoms with Crippen LogP contribution in [0.1, 0.15) is 36.1 Å². The van der Waals surface area contributed by atoms with Crippen molar-refractivity contribution in [3.8, 4) is 11.5 Å². The number of hydroxylamine groups is 1.